The Morgan fingerprint density at radius 2 is 1.97 bits per heavy atom. The Bertz CT molecular complexity index is 1020. The molecule has 6 heteroatoms. The zero-order chi connectivity index (χ0) is 20.9. The third-order valence-corrected chi connectivity index (χ3v) is 5.44. The molecule has 0 bridgehead atoms. The van der Waals surface area contributed by atoms with Crippen molar-refractivity contribution in [3.05, 3.63) is 66.2 Å². The van der Waals surface area contributed by atoms with E-state index in [2.05, 4.69) is 20.4 Å². The van der Waals surface area contributed by atoms with E-state index in [9.17, 15) is 4.79 Å². The van der Waals surface area contributed by atoms with Crippen molar-refractivity contribution in [2.45, 2.75) is 19.8 Å². The van der Waals surface area contributed by atoms with Crippen molar-refractivity contribution in [3.8, 4) is 17.0 Å². The lowest BCUT2D eigenvalue weighted by atomic mass is 9.97. The summed E-state index contributed by atoms with van der Waals surface area (Å²) in [5, 5.41) is 11.9. The number of hydrogen-bond acceptors (Lipinski definition) is 5. The highest BCUT2D eigenvalue weighted by molar-refractivity contribution is 5.93. The van der Waals surface area contributed by atoms with Crippen LogP contribution in [0, 0.1) is 12.8 Å². The number of aromatic nitrogens is 2. The SMILES string of the molecule is COc1ccccc1-c1ccc(N2CCCC(C(=O)Nc3cccc(C)c3)C2)nn1. The molecule has 1 fully saturated rings. The van der Waals surface area contributed by atoms with Crippen LogP contribution in [0.1, 0.15) is 18.4 Å². The Labute approximate surface area is 176 Å². The van der Waals surface area contributed by atoms with Gasteiger partial charge in [0.05, 0.1) is 18.7 Å². The van der Waals surface area contributed by atoms with E-state index in [-0.39, 0.29) is 11.8 Å². The first-order valence-corrected chi connectivity index (χ1v) is 10.2. The molecule has 1 aliphatic heterocycles. The number of hydrogen-bond donors (Lipinski definition) is 1. The zero-order valence-corrected chi connectivity index (χ0v) is 17.3. The summed E-state index contributed by atoms with van der Waals surface area (Å²) in [6.07, 6.45) is 1.82. The molecule has 0 radical (unpaired) electrons. The average molecular weight is 402 g/mol. The summed E-state index contributed by atoms with van der Waals surface area (Å²) < 4.78 is 5.42. The number of methoxy groups -OCH3 is 1. The van der Waals surface area contributed by atoms with Crippen LogP contribution in [0.2, 0.25) is 0 Å². The molecule has 30 heavy (non-hydrogen) atoms. The standard InChI is InChI=1S/C24H26N4O2/c1-17-7-5-9-19(15-17)25-24(29)18-8-6-14-28(16-18)23-13-12-21(26-27-23)20-10-3-4-11-22(20)30-2/h3-5,7,9-13,15,18H,6,8,14,16H2,1-2H3,(H,25,29). The molecule has 1 aliphatic rings. The Balaban J connectivity index is 1.45. The van der Waals surface area contributed by atoms with Gasteiger partial charge in [-0.2, -0.15) is 0 Å². The quantitative estimate of drug-likeness (QED) is 0.689. The van der Waals surface area contributed by atoms with Crippen LogP contribution in [0.3, 0.4) is 0 Å². The molecular weight excluding hydrogens is 376 g/mol. The van der Waals surface area contributed by atoms with Crippen LogP contribution in [-0.4, -0.2) is 36.3 Å². The fourth-order valence-corrected chi connectivity index (χ4v) is 3.86. The Morgan fingerprint density at radius 1 is 1.10 bits per heavy atom. The molecule has 1 unspecified atom stereocenters. The number of ether oxygens (including phenoxy) is 1. The zero-order valence-electron chi connectivity index (χ0n) is 17.3. The first-order chi connectivity index (χ1) is 14.6. The van der Waals surface area contributed by atoms with Crippen LogP contribution in [0.4, 0.5) is 11.5 Å². The number of anilines is 2. The molecule has 3 aromatic rings. The molecule has 1 saturated heterocycles. The monoisotopic (exact) mass is 402 g/mol. The van der Waals surface area contributed by atoms with Gasteiger partial charge in [0.2, 0.25) is 5.91 Å². The van der Waals surface area contributed by atoms with Gasteiger partial charge in [-0.05, 0) is 61.7 Å². The lowest BCUT2D eigenvalue weighted by molar-refractivity contribution is -0.120. The number of nitrogens with zero attached hydrogens (tertiary/aromatic N) is 3. The Kier molecular flexibility index (Phi) is 5.93. The number of piperidine rings is 1. The minimum Gasteiger partial charge on any atom is -0.496 e. The van der Waals surface area contributed by atoms with Crippen molar-refractivity contribution >= 4 is 17.4 Å². The lowest BCUT2D eigenvalue weighted by Gasteiger charge is -2.32. The maximum Gasteiger partial charge on any atom is 0.229 e. The molecule has 1 atom stereocenters. The van der Waals surface area contributed by atoms with Crippen LogP contribution >= 0.6 is 0 Å². The first-order valence-electron chi connectivity index (χ1n) is 10.2. The molecule has 1 aromatic heterocycles. The summed E-state index contributed by atoms with van der Waals surface area (Å²) >= 11 is 0. The molecule has 2 aromatic carbocycles. The van der Waals surface area contributed by atoms with Gasteiger partial charge in [-0.3, -0.25) is 4.79 Å². The third-order valence-electron chi connectivity index (χ3n) is 5.44. The molecule has 1 amide bonds. The van der Waals surface area contributed by atoms with Crippen LogP contribution < -0.4 is 15.0 Å². The first kappa shape index (κ1) is 19.9. The molecular formula is C24H26N4O2. The smallest absolute Gasteiger partial charge is 0.229 e. The van der Waals surface area contributed by atoms with E-state index in [1.807, 2.05) is 67.6 Å². The summed E-state index contributed by atoms with van der Waals surface area (Å²) in [4.78, 5) is 14.9. The maximum absolute atomic E-state index is 12.8. The van der Waals surface area contributed by atoms with Crippen molar-refractivity contribution in [2.75, 3.05) is 30.4 Å². The molecule has 154 valence electrons. The molecule has 6 nitrogen and oxygen atoms in total. The van der Waals surface area contributed by atoms with E-state index >= 15 is 0 Å². The van der Waals surface area contributed by atoms with Crippen LogP contribution in [0.5, 0.6) is 5.75 Å². The number of benzene rings is 2. The number of aryl methyl sites for hydroxylation is 1. The maximum atomic E-state index is 12.8. The minimum absolute atomic E-state index is 0.0592. The Hall–Kier alpha value is -3.41. The van der Waals surface area contributed by atoms with E-state index in [1.165, 1.54) is 0 Å². The van der Waals surface area contributed by atoms with Gasteiger partial charge in [-0.1, -0.05) is 24.3 Å². The summed E-state index contributed by atoms with van der Waals surface area (Å²) in [5.74, 6) is 1.55. The fourth-order valence-electron chi connectivity index (χ4n) is 3.86. The molecule has 0 spiro atoms. The van der Waals surface area contributed by atoms with Crippen molar-refractivity contribution < 1.29 is 9.53 Å². The minimum atomic E-state index is -0.0741. The van der Waals surface area contributed by atoms with E-state index in [0.29, 0.717) is 6.54 Å². The predicted octanol–water partition coefficient (Wildman–Crippen LogP) is 4.32. The molecule has 0 saturated carbocycles. The largest absolute Gasteiger partial charge is 0.496 e. The van der Waals surface area contributed by atoms with Gasteiger partial charge in [0.1, 0.15) is 5.75 Å². The highest BCUT2D eigenvalue weighted by atomic mass is 16.5. The fraction of sp³-hybridized carbons (Fsp3) is 0.292. The van der Waals surface area contributed by atoms with Gasteiger partial charge in [0, 0.05) is 24.3 Å². The van der Waals surface area contributed by atoms with Crippen molar-refractivity contribution in [3.63, 3.8) is 0 Å². The van der Waals surface area contributed by atoms with Gasteiger partial charge in [0.25, 0.3) is 0 Å². The molecule has 2 heterocycles. The van der Waals surface area contributed by atoms with E-state index in [4.69, 9.17) is 4.74 Å². The van der Waals surface area contributed by atoms with E-state index in [0.717, 1.165) is 53.5 Å². The second-order valence-corrected chi connectivity index (χ2v) is 7.62. The van der Waals surface area contributed by atoms with Crippen LogP contribution in [0.25, 0.3) is 11.3 Å². The van der Waals surface area contributed by atoms with Crippen LogP contribution in [0.15, 0.2) is 60.7 Å². The van der Waals surface area contributed by atoms with Crippen LogP contribution in [-0.2, 0) is 4.79 Å². The number of para-hydroxylation sites is 1. The number of carbonyl (C=O) groups excluding carboxylic acids is 1. The van der Waals surface area contributed by atoms with Gasteiger partial charge in [-0.15, -0.1) is 10.2 Å². The highest BCUT2D eigenvalue weighted by Crippen LogP contribution is 2.29. The highest BCUT2D eigenvalue weighted by Gasteiger charge is 2.27. The molecule has 4 rings (SSSR count). The second kappa shape index (κ2) is 8.95. The van der Waals surface area contributed by atoms with E-state index < -0.39 is 0 Å². The number of amides is 1. The normalized spacial score (nSPS) is 16.2. The van der Waals surface area contributed by atoms with Gasteiger partial charge >= 0.3 is 0 Å². The summed E-state index contributed by atoms with van der Waals surface area (Å²) in [6.45, 7) is 3.53. The summed E-state index contributed by atoms with van der Waals surface area (Å²) in [5.41, 5.74) is 3.65. The Morgan fingerprint density at radius 3 is 2.73 bits per heavy atom. The second-order valence-electron chi connectivity index (χ2n) is 7.62. The molecule has 0 aliphatic carbocycles. The van der Waals surface area contributed by atoms with Crippen molar-refractivity contribution in [2.24, 2.45) is 5.92 Å². The van der Waals surface area contributed by atoms with Gasteiger partial charge < -0.3 is 15.0 Å². The van der Waals surface area contributed by atoms with Crippen molar-refractivity contribution in [1.29, 1.82) is 0 Å². The van der Waals surface area contributed by atoms with Gasteiger partial charge in [0.15, 0.2) is 5.82 Å². The average Bonchev–Trinajstić information content (AvgIpc) is 2.79. The number of rotatable bonds is 5. The summed E-state index contributed by atoms with van der Waals surface area (Å²) in [7, 11) is 1.65. The third kappa shape index (κ3) is 4.43. The number of nitrogens with one attached hydrogen (secondary N) is 1. The number of carbonyl (C=O) groups is 1. The lowest BCUT2D eigenvalue weighted by Crippen LogP contribution is -2.41. The predicted molar refractivity (Wildman–Crippen MR) is 119 cm³/mol. The van der Waals surface area contributed by atoms with E-state index in [1.54, 1.807) is 7.11 Å². The van der Waals surface area contributed by atoms with Crippen molar-refractivity contribution in [1.82, 2.24) is 10.2 Å². The van der Waals surface area contributed by atoms with Gasteiger partial charge in [-0.25, -0.2) is 0 Å². The topological polar surface area (TPSA) is 67.3 Å². The molecule has 1 N–H and O–H groups in total. The summed E-state index contributed by atoms with van der Waals surface area (Å²) in [6, 6.07) is 19.6.